The van der Waals surface area contributed by atoms with Gasteiger partial charge in [0.1, 0.15) is 0 Å². The number of anilines is 3. The molecular weight excluding hydrogens is 282 g/mol. The van der Waals surface area contributed by atoms with Crippen LogP contribution in [0.15, 0.2) is 23.8 Å². The van der Waals surface area contributed by atoms with Crippen LogP contribution in [-0.2, 0) is 0 Å². The van der Waals surface area contributed by atoms with Crippen LogP contribution in [-0.4, -0.2) is 36.1 Å². The third-order valence-electron chi connectivity index (χ3n) is 3.13. The van der Waals surface area contributed by atoms with Crippen molar-refractivity contribution < 1.29 is 0 Å². The van der Waals surface area contributed by atoms with Crippen LogP contribution in [0, 0.1) is 0 Å². The number of thiazole rings is 1. The molecule has 2 aromatic heterocycles. The van der Waals surface area contributed by atoms with Crippen LogP contribution in [0.1, 0.15) is 0 Å². The molecule has 2 aromatic rings. The van der Waals surface area contributed by atoms with E-state index in [1.165, 1.54) is 0 Å². The minimum absolute atomic E-state index is 0.572. The first-order valence-corrected chi connectivity index (χ1v) is 7.30. The maximum atomic E-state index is 5.97. The van der Waals surface area contributed by atoms with Crippen molar-refractivity contribution in [1.82, 2.24) is 9.97 Å². The topological polar surface area (TPSA) is 58.3 Å². The molecule has 0 aromatic carbocycles. The number of nitrogen functional groups attached to an aromatic ring is 1. The van der Waals surface area contributed by atoms with Crippen LogP contribution in [0.5, 0.6) is 0 Å². The number of pyridine rings is 1. The van der Waals surface area contributed by atoms with Gasteiger partial charge in [0.2, 0.25) is 0 Å². The Morgan fingerprint density at radius 1 is 1.16 bits per heavy atom. The third-order valence-corrected chi connectivity index (χ3v) is 4.17. The van der Waals surface area contributed by atoms with Crippen molar-refractivity contribution in [2.75, 3.05) is 41.7 Å². The zero-order valence-electron chi connectivity index (χ0n) is 10.3. The highest BCUT2D eigenvalue weighted by Gasteiger charge is 2.21. The largest absolute Gasteiger partial charge is 0.396 e. The Morgan fingerprint density at radius 2 is 1.89 bits per heavy atom. The van der Waals surface area contributed by atoms with Crippen LogP contribution in [0.4, 0.5) is 16.6 Å². The van der Waals surface area contributed by atoms with Gasteiger partial charge in [0.25, 0.3) is 0 Å². The summed E-state index contributed by atoms with van der Waals surface area (Å²) in [5.74, 6) is 0.822. The molecule has 1 aliphatic heterocycles. The predicted molar refractivity (Wildman–Crippen MR) is 80.2 cm³/mol. The lowest BCUT2D eigenvalue weighted by Crippen LogP contribution is -2.47. The van der Waals surface area contributed by atoms with Crippen LogP contribution in [0.2, 0.25) is 5.02 Å². The van der Waals surface area contributed by atoms with Crippen LogP contribution < -0.4 is 15.5 Å². The standard InChI is InChI=1S/C12H14ClN5S/c13-9-7-10(14)11(16-8-9)17-2-4-18(5-3-17)12-15-1-6-19-12/h1,6-8H,2-5,14H2. The molecule has 0 bridgehead atoms. The van der Waals surface area contributed by atoms with Gasteiger partial charge in [-0.15, -0.1) is 11.3 Å². The first kappa shape index (κ1) is 12.5. The third kappa shape index (κ3) is 2.59. The summed E-state index contributed by atoms with van der Waals surface area (Å²) in [6, 6.07) is 1.75. The quantitative estimate of drug-likeness (QED) is 0.919. The summed E-state index contributed by atoms with van der Waals surface area (Å²) in [6.07, 6.45) is 3.48. The minimum Gasteiger partial charge on any atom is -0.396 e. The van der Waals surface area contributed by atoms with E-state index in [4.69, 9.17) is 17.3 Å². The lowest BCUT2D eigenvalue weighted by molar-refractivity contribution is 0.647. The molecule has 19 heavy (non-hydrogen) atoms. The highest BCUT2D eigenvalue weighted by atomic mass is 35.5. The molecule has 0 atom stereocenters. The molecule has 0 radical (unpaired) electrons. The number of hydrogen-bond acceptors (Lipinski definition) is 6. The molecule has 0 aliphatic carbocycles. The number of nitrogens with two attached hydrogens (primary N) is 1. The van der Waals surface area contributed by atoms with E-state index in [0.29, 0.717) is 10.7 Å². The molecule has 0 spiro atoms. The van der Waals surface area contributed by atoms with E-state index in [0.717, 1.165) is 37.1 Å². The zero-order chi connectivity index (χ0) is 13.2. The Labute approximate surface area is 120 Å². The second kappa shape index (κ2) is 5.22. The Kier molecular flexibility index (Phi) is 3.44. The predicted octanol–water partition coefficient (Wildman–Crippen LogP) is 2.10. The fraction of sp³-hybridized carbons (Fsp3) is 0.333. The zero-order valence-corrected chi connectivity index (χ0v) is 11.9. The summed E-state index contributed by atoms with van der Waals surface area (Å²) in [6.45, 7) is 3.63. The van der Waals surface area contributed by atoms with Gasteiger partial charge in [-0.3, -0.25) is 0 Å². The van der Waals surface area contributed by atoms with Crippen molar-refractivity contribution in [1.29, 1.82) is 0 Å². The normalized spacial score (nSPS) is 15.8. The van der Waals surface area contributed by atoms with Crippen molar-refractivity contribution in [2.45, 2.75) is 0 Å². The molecule has 2 N–H and O–H groups in total. The highest BCUT2D eigenvalue weighted by Crippen LogP contribution is 2.26. The number of piperazine rings is 1. The lowest BCUT2D eigenvalue weighted by atomic mass is 10.3. The second-order valence-corrected chi connectivity index (χ2v) is 5.66. The molecule has 0 saturated carbocycles. The number of nitrogens with zero attached hydrogens (tertiary/aromatic N) is 4. The number of halogens is 1. The van der Waals surface area contributed by atoms with E-state index in [1.807, 2.05) is 11.6 Å². The van der Waals surface area contributed by atoms with Gasteiger partial charge in [-0.2, -0.15) is 0 Å². The van der Waals surface area contributed by atoms with Gasteiger partial charge in [0, 0.05) is 44.0 Å². The minimum atomic E-state index is 0.572. The average molecular weight is 296 g/mol. The van der Waals surface area contributed by atoms with E-state index >= 15 is 0 Å². The first-order chi connectivity index (χ1) is 9.24. The van der Waals surface area contributed by atoms with Crippen molar-refractivity contribution >= 4 is 39.6 Å². The molecule has 5 nitrogen and oxygen atoms in total. The molecule has 100 valence electrons. The van der Waals surface area contributed by atoms with E-state index in [2.05, 4.69) is 19.8 Å². The number of rotatable bonds is 2. The molecule has 0 unspecified atom stereocenters. The number of hydrogen-bond donors (Lipinski definition) is 1. The van der Waals surface area contributed by atoms with E-state index in [1.54, 1.807) is 23.6 Å². The average Bonchev–Trinajstić information content (AvgIpc) is 2.93. The Balaban J connectivity index is 1.70. The lowest BCUT2D eigenvalue weighted by Gasteiger charge is -2.35. The molecule has 1 saturated heterocycles. The van der Waals surface area contributed by atoms with E-state index in [9.17, 15) is 0 Å². The van der Waals surface area contributed by atoms with Crippen molar-refractivity contribution in [3.63, 3.8) is 0 Å². The van der Waals surface area contributed by atoms with Gasteiger partial charge in [0.15, 0.2) is 10.9 Å². The Bertz CT molecular complexity index is 551. The van der Waals surface area contributed by atoms with Crippen molar-refractivity contribution in [2.24, 2.45) is 0 Å². The fourth-order valence-electron chi connectivity index (χ4n) is 2.19. The Hall–Kier alpha value is -1.53. The molecular formula is C12H14ClN5S. The number of aromatic nitrogens is 2. The van der Waals surface area contributed by atoms with Crippen LogP contribution >= 0.6 is 22.9 Å². The molecule has 3 heterocycles. The highest BCUT2D eigenvalue weighted by molar-refractivity contribution is 7.13. The van der Waals surface area contributed by atoms with Gasteiger partial charge in [-0.25, -0.2) is 9.97 Å². The summed E-state index contributed by atoms with van der Waals surface area (Å²) in [5.41, 5.74) is 6.60. The van der Waals surface area contributed by atoms with Crippen molar-refractivity contribution in [3.05, 3.63) is 28.9 Å². The summed E-state index contributed by atoms with van der Waals surface area (Å²) in [4.78, 5) is 13.1. The maximum Gasteiger partial charge on any atom is 0.185 e. The van der Waals surface area contributed by atoms with E-state index in [-0.39, 0.29) is 0 Å². The van der Waals surface area contributed by atoms with Gasteiger partial charge in [-0.1, -0.05) is 11.6 Å². The molecule has 7 heteroatoms. The summed E-state index contributed by atoms with van der Waals surface area (Å²) < 4.78 is 0. The summed E-state index contributed by atoms with van der Waals surface area (Å²) >= 11 is 7.54. The fourth-order valence-corrected chi connectivity index (χ4v) is 3.06. The SMILES string of the molecule is Nc1cc(Cl)cnc1N1CCN(c2nccs2)CC1. The Morgan fingerprint density at radius 3 is 2.53 bits per heavy atom. The van der Waals surface area contributed by atoms with Crippen LogP contribution in [0.3, 0.4) is 0 Å². The summed E-state index contributed by atoms with van der Waals surface area (Å²) in [7, 11) is 0. The van der Waals surface area contributed by atoms with Gasteiger partial charge in [-0.05, 0) is 6.07 Å². The monoisotopic (exact) mass is 295 g/mol. The van der Waals surface area contributed by atoms with Crippen LogP contribution in [0.25, 0.3) is 0 Å². The molecule has 1 fully saturated rings. The first-order valence-electron chi connectivity index (χ1n) is 6.04. The second-order valence-electron chi connectivity index (χ2n) is 4.36. The molecule has 0 amide bonds. The molecule has 1 aliphatic rings. The van der Waals surface area contributed by atoms with Gasteiger partial charge >= 0.3 is 0 Å². The van der Waals surface area contributed by atoms with E-state index < -0.39 is 0 Å². The van der Waals surface area contributed by atoms with Gasteiger partial charge < -0.3 is 15.5 Å². The van der Waals surface area contributed by atoms with Gasteiger partial charge in [0.05, 0.1) is 10.7 Å². The molecule has 3 rings (SSSR count). The smallest absolute Gasteiger partial charge is 0.185 e. The van der Waals surface area contributed by atoms with Crippen molar-refractivity contribution in [3.8, 4) is 0 Å². The summed E-state index contributed by atoms with van der Waals surface area (Å²) in [5, 5.41) is 3.65. The maximum absolute atomic E-state index is 5.97.